The van der Waals surface area contributed by atoms with Crippen LogP contribution in [0, 0.1) is 5.92 Å². The number of carbonyl (C=O) groups is 2. The molecule has 2 aliphatic rings. The summed E-state index contributed by atoms with van der Waals surface area (Å²) >= 11 is 0. The lowest BCUT2D eigenvalue weighted by atomic mass is 9.84. The maximum Gasteiger partial charge on any atom is 0.410 e. The second-order valence-electron chi connectivity index (χ2n) is 7.69. The molecule has 7 heteroatoms. The molecule has 2 aliphatic heterocycles. The second kappa shape index (κ2) is 6.65. The Kier molecular flexibility index (Phi) is 5.20. The number of methoxy groups -OCH3 is 1. The van der Waals surface area contributed by atoms with E-state index < -0.39 is 17.1 Å². The van der Waals surface area contributed by atoms with Crippen molar-refractivity contribution in [3.63, 3.8) is 0 Å². The summed E-state index contributed by atoms with van der Waals surface area (Å²) in [5, 5.41) is 9.27. The van der Waals surface area contributed by atoms with E-state index in [0.29, 0.717) is 25.6 Å². The number of carbonyl (C=O) groups excluding carboxylic acids is 1. The lowest BCUT2D eigenvalue weighted by Crippen LogP contribution is -2.71. The van der Waals surface area contributed by atoms with Crippen molar-refractivity contribution in [2.75, 3.05) is 39.9 Å². The summed E-state index contributed by atoms with van der Waals surface area (Å²) in [5.41, 5.74) is -1.01. The summed E-state index contributed by atoms with van der Waals surface area (Å²) in [5.74, 6) is -0.398. The summed E-state index contributed by atoms with van der Waals surface area (Å²) in [7, 11) is 1.68. The van der Waals surface area contributed by atoms with Gasteiger partial charge >= 0.3 is 12.1 Å². The molecule has 2 heterocycles. The van der Waals surface area contributed by atoms with Gasteiger partial charge in [0.05, 0.1) is 18.6 Å². The minimum absolute atomic E-state index is 0.0476. The molecule has 2 rings (SSSR count). The van der Waals surface area contributed by atoms with Crippen molar-refractivity contribution < 1.29 is 24.2 Å². The van der Waals surface area contributed by atoms with E-state index in [1.54, 1.807) is 12.0 Å². The van der Waals surface area contributed by atoms with Crippen LogP contribution in [0.5, 0.6) is 0 Å². The molecule has 23 heavy (non-hydrogen) atoms. The lowest BCUT2D eigenvalue weighted by molar-refractivity contribution is -0.145. The van der Waals surface area contributed by atoms with Crippen molar-refractivity contribution in [1.82, 2.24) is 9.80 Å². The third-order valence-electron chi connectivity index (χ3n) is 4.46. The van der Waals surface area contributed by atoms with Crippen LogP contribution in [0.4, 0.5) is 4.79 Å². The molecule has 0 bridgehead atoms. The highest BCUT2D eigenvalue weighted by molar-refractivity contribution is 5.73. The average molecular weight is 328 g/mol. The zero-order chi connectivity index (χ0) is 17.3. The minimum atomic E-state index is -0.830. The first-order valence-electron chi connectivity index (χ1n) is 8.09. The van der Waals surface area contributed by atoms with Gasteiger partial charge in [-0.15, -0.1) is 0 Å². The van der Waals surface area contributed by atoms with Gasteiger partial charge in [-0.1, -0.05) is 0 Å². The Labute approximate surface area is 137 Å². The van der Waals surface area contributed by atoms with E-state index in [9.17, 15) is 14.7 Å². The molecule has 2 fully saturated rings. The fraction of sp³-hybridized carbons (Fsp3) is 0.875. The summed E-state index contributed by atoms with van der Waals surface area (Å²) in [6, 6.07) is 0. The first-order chi connectivity index (χ1) is 10.6. The number of carboxylic acids is 1. The van der Waals surface area contributed by atoms with Crippen molar-refractivity contribution in [3.05, 3.63) is 0 Å². The van der Waals surface area contributed by atoms with E-state index in [1.807, 2.05) is 20.8 Å². The molecule has 7 nitrogen and oxygen atoms in total. The van der Waals surface area contributed by atoms with Crippen LogP contribution >= 0.6 is 0 Å². The molecular formula is C16H28N2O5. The maximum absolute atomic E-state index is 12.1. The Morgan fingerprint density at radius 2 is 1.96 bits per heavy atom. The Morgan fingerprint density at radius 1 is 1.30 bits per heavy atom. The Morgan fingerprint density at radius 3 is 2.48 bits per heavy atom. The van der Waals surface area contributed by atoms with Gasteiger partial charge in [-0.2, -0.15) is 0 Å². The largest absolute Gasteiger partial charge is 0.481 e. The van der Waals surface area contributed by atoms with Crippen LogP contribution in [0.2, 0.25) is 0 Å². The third-order valence-corrected chi connectivity index (χ3v) is 4.46. The van der Waals surface area contributed by atoms with Crippen LogP contribution in [-0.4, -0.2) is 78.0 Å². The molecule has 0 saturated carbocycles. The zero-order valence-corrected chi connectivity index (χ0v) is 14.5. The highest BCUT2D eigenvalue weighted by Crippen LogP contribution is 2.36. The lowest BCUT2D eigenvalue weighted by Gasteiger charge is -2.54. The minimum Gasteiger partial charge on any atom is -0.481 e. The highest BCUT2D eigenvalue weighted by atomic mass is 16.6. The van der Waals surface area contributed by atoms with Crippen LogP contribution in [0.1, 0.15) is 33.6 Å². The smallest absolute Gasteiger partial charge is 0.410 e. The quantitative estimate of drug-likeness (QED) is 0.822. The predicted octanol–water partition coefficient (Wildman–Crippen LogP) is 1.42. The molecule has 0 aliphatic carbocycles. The van der Waals surface area contributed by atoms with E-state index in [2.05, 4.69) is 4.90 Å². The van der Waals surface area contributed by atoms with Crippen molar-refractivity contribution in [2.24, 2.45) is 5.92 Å². The number of hydrogen-bond donors (Lipinski definition) is 1. The SMILES string of the molecule is COCC1CCN(C2(CC(=O)O)CN(C(=O)OC(C)(C)C)C2)C1. The van der Waals surface area contributed by atoms with Gasteiger partial charge in [-0.25, -0.2) is 4.79 Å². The van der Waals surface area contributed by atoms with Crippen LogP contribution < -0.4 is 0 Å². The number of amides is 1. The van der Waals surface area contributed by atoms with Crippen LogP contribution in [0.15, 0.2) is 0 Å². The zero-order valence-electron chi connectivity index (χ0n) is 14.5. The summed E-state index contributed by atoms with van der Waals surface area (Å²) < 4.78 is 10.6. The molecule has 1 amide bonds. The summed E-state index contributed by atoms with van der Waals surface area (Å²) in [4.78, 5) is 27.2. The number of aliphatic carboxylic acids is 1. The van der Waals surface area contributed by atoms with E-state index >= 15 is 0 Å². The van der Waals surface area contributed by atoms with Crippen molar-refractivity contribution in [1.29, 1.82) is 0 Å². The topological polar surface area (TPSA) is 79.3 Å². The van der Waals surface area contributed by atoms with Gasteiger partial charge in [0.2, 0.25) is 0 Å². The molecule has 0 aromatic rings. The number of carboxylic acid groups (broad SMARTS) is 1. The number of rotatable bonds is 5. The first-order valence-corrected chi connectivity index (χ1v) is 8.09. The molecule has 0 radical (unpaired) electrons. The second-order valence-corrected chi connectivity index (χ2v) is 7.69. The molecule has 1 N–H and O–H groups in total. The molecule has 1 atom stereocenters. The number of nitrogens with zero attached hydrogens (tertiary/aromatic N) is 2. The van der Waals surface area contributed by atoms with Gasteiger partial charge < -0.3 is 19.5 Å². The molecule has 0 spiro atoms. The molecule has 0 aromatic carbocycles. The van der Waals surface area contributed by atoms with E-state index in [-0.39, 0.29) is 12.5 Å². The Balaban J connectivity index is 1.98. The third kappa shape index (κ3) is 4.35. The number of likely N-dealkylation sites (tertiary alicyclic amines) is 2. The van der Waals surface area contributed by atoms with Crippen molar-refractivity contribution in [3.8, 4) is 0 Å². The van der Waals surface area contributed by atoms with E-state index in [1.165, 1.54) is 0 Å². The maximum atomic E-state index is 12.1. The average Bonchev–Trinajstić information content (AvgIpc) is 2.80. The van der Waals surface area contributed by atoms with Gasteiger partial charge in [0, 0.05) is 26.7 Å². The number of hydrogen-bond acceptors (Lipinski definition) is 5. The number of ether oxygens (including phenoxy) is 2. The molecular weight excluding hydrogens is 300 g/mol. The molecule has 0 aromatic heterocycles. The van der Waals surface area contributed by atoms with Gasteiger partial charge in [0.25, 0.3) is 0 Å². The van der Waals surface area contributed by atoms with Crippen LogP contribution in [0.3, 0.4) is 0 Å². The first kappa shape index (κ1) is 18.0. The van der Waals surface area contributed by atoms with Crippen molar-refractivity contribution >= 4 is 12.1 Å². The molecule has 132 valence electrons. The highest BCUT2D eigenvalue weighted by Gasteiger charge is 2.53. The van der Waals surface area contributed by atoms with Gasteiger partial charge in [0.1, 0.15) is 5.60 Å². The summed E-state index contributed by atoms with van der Waals surface area (Å²) in [6.45, 7) is 8.66. The van der Waals surface area contributed by atoms with Crippen LogP contribution in [0.25, 0.3) is 0 Å². The van der Waals surface area contributed by atoms with Gasteiger partial charge in [0.15, 0.2) is 0 Å². The normalized spacial score (nSPS) is 24.3. The van der Waals surface area contributed by atoms with E-state index in [4.69, 9.17) is 9.47 Å². The van der Waals surface area contributed by atoms with Crippen molar-refractivity contribution in [2.45, 2.75) is 44.8 Å². The van der Waals surface area contributed by atoms with Gasteiger partial charge in [-0.05, 0) is 39.7 Å². The van der Waals surface area contributed by atoms with Crippen LogP contribution in [-0.2, 0) is 14.3 Å². The Hall–Kier alpha value is -1.34. The summed E-state index contributed by atoms with van der Waals surface area (Å²) in [6.07, 6.45) is 0.680. The van der Waals surface area contributed by atoms with Gasteiger partial charge in [-0.3, -0.25) is 9.69 Å². The predicted molar refractivity (Wildman–Crippen MR) is 84.3 cm³/mol. The Bertz CT molecular complexity index is 454. The fourth-order valence-electron chi connectivity index (χ4n) is 3.46. The standard InChI is InChI=1S/C16H28N2O5/c1-15(2,3)23-14(21)17-10-16(11-17,7-13(19)20)18-6-5-12(8-18)9-22-4/h12H,5-11H2,1-4H3,(H,19,20). The fourth-order valence-corrected chi connectivity index (χ4v) is 3.46. The molecule has 2 saturated heterocycles. The molecule has 1 unspecified atom stereocenters. The van der Waals surface area contributed by atoms with E-state index in [0.717, 1.165) is 19.5 Å². The monoisotopic (exact) mass is 328 g/mol.